The Morgan fingerprint density at radius 3 is 2.48 bits per heavy atom. The van der Waals surface area contributed by atoms with Gasteiger partial charge < -0.3 is 15.8 Å². The summed E-state index contributed by atoms with van der Waals surface area (Å²) >= 11 is 0. The molecule has 2 atom stereocenters. The molecule has 0 aliphatic heterocycles. The van der Waals surface area contributed by atoms with Crippen LogP contribution >= 0.6 is 0 Å². The van der Waals surface area contributed by atoms with E-state index in [0.717, 1.165) is 16.6 Å². The number of aliphatic hydroxyl groups is 1. The lowest BCUT2D eigenvalue weighted by atomic mass is 10.0. The monoisotopic (exact) mass is 283 g/mol. The molecular weight excluding hydrogens is 266 g/mol. The normalized spacial score (nSPS) is 14.2. The van der Waals surface area contributed by atoms with Gasteiger partial charge in [-0.05, 0) is 17.7 Å². The molecule has 0 saturated carbocycles. The van der Waals surface area contributed by atoms with E-state index in [1.807, 2.05) is 54.6 Å². The van der Waals surface area contributed by atoms with Gasteiger partial charge >= 0.3 is 5.69 Å². The fourth-order valence-corrected chi connectivity index (χ4v) is 2.67. The third-order valence-corrected chi connectivity index (χ3v) is 3.65. The van der Waals surface area contributed by atoms with Crippen LogP contribution in [0.2, 0.25) is 0 Å². The van der Waals surface area contributed by atoms with Crippen LogP contribution in [-0.2, 0) is 0 Å². The highest BCUT2D eigenvalue weighted by Crippen LogP contribution is 2.24. The minimum absolute atomic E-state index is 0.0749. The van der Waals surface area contributed by atoms with Crippen LogP contribution in [0.25, 0.3) is 11.0 Å². The van der Waals surface area contributed by atoms with Gasteiger partial charge in [-0.15, -0.1) is 0 Å². The molecule has 2 aromatic carbocycles. The molecular formula is C16H17N3O2. The second-order valence-electron chi connectivity index (χ2n) is 4.98. The second kappa shape index (κ2) is 5.55. The van der Waals surface area contributed by atoms with Crippen molar-refractivity contribution in [2.45, 2.75) is 12.1 Å². The SMILES string of the molecule is NCC(O)C(c1ccccc1)n1c(=O)[nH]c2ccccc21. The fraction of sp³-hybridized carbons (Fsp3) is 0.188. The van der Waals surface area contributed by atoms with Crippen LogP contribution in [0.5, 0.6) is 0 Å². The Labute approximate surface area is 121 Å². The first-order valence-corrected chi connectivity index (χ1v) is 6.84. The summed E-state index contributed by atoms with van der Waals surface area (Å²) in [5.74, 6) is 0. The van der Waals surface area contributed by atoms with Crippen molar-refractivity contribution in [3.8, 4) is 0 Å². The smallest absolute Gasteiger partial charge is 0.327 e. The van der Waals surface area contributed by atoms with Crippen molar-refractivity contribution in [3.05, 3.63) is 70.6 Å². The number of nitrogens with one attached hydrogen (secondary N) is 1. The number of H-pyrrole nitrogens is 1. The number of fused-ring (bicyclic) bond motifs is 1. The van der Waals surface area contributed by atoms with E-state index in [2.05, 4.69) is 4.98 Å². The first kappa shape index (κ1) is 13.6. The predicted molar refractivity (Wildman–Crippen MR) is 82.2 cm³/mol. The van der Waals surface area contributed by atoms with Gasteiger partial charge in [0.2, 0.25) is 0 Å². The number of para-hydroxylation sites is 2. The minimum atomic E-state index is -0.843. The Hall–Kier alpha value is -2.37. The molecule has 0 bridgehead atoms. The number of imidazole rings is 1. The molecule has 5 nitrogen and oxygen atoms in total. The maximum absolute atomic E-state index is 12.3. The first-order chi connectivity index (χ1) is 10.2. The molecule has 5 heteroatoms. The molecule has 2 unspecified atom stereocenters. The van der Waals surface area contributed by atoms with Crippen LogP contribution in [0.1, 0.15) is 11.6 Å². The van der Waals surface area contributed by atoms with Crippen molar-refractivity contribution in [2.24, 2.45) is 5.73 Å². The van der Waals surface area contributed by atoms with Gasteiger partial charge in [0.05, 0.1) is 23.2 Å². The van der Waals surface area contributed by atoms with E-state index in [1.165, 1.54) is 0 Å². The zero-order valence-electron chi connectivity index (χ0n) is 11.4. The topological polar surface area (TPSA) is 84.0 Å². The van der Waals surface area contributed by atoms with Crippen LogP contribution in [0.3, 0.4) is 0 Å². The number of hydrogen-bond donors (Lipinski definition) is 3. The van der Waals surface area contributed by atoms with E-state index in [1.54, 1.807) is 4.57 Å². The Kier molecular flexibility index (Phi) is 3.60. The molecule has 1 aromatic heterocycles. The van der Waals surface area contributed by atoms with Gasteiger partial charge in [0.25, 0.3) is 0 Å². The predicted octanol–water partition coefficient (Wildman–Crippen LogP) is 1.24. The van der Waals surface area contributed by atoms with Crippen molar-refractivity contribution < 1.29 is 5.11 Å². The van der Waals surface area contributed by atoms with Gasteiger partial charge in [-0.1, -0.05) is 42.5 Å². The van der Waals surface area contributed by atoms with Crippen molar-refractivity contribution >= 4 is 11.0 Å². The molecule has 108 valence electrons. The molecule has 4 N–H and O–H groups in total. The highest BCUT2D eigenvalue weighted by atomic mass is 16.3. The third-order valence-electron chi connectivity index (χ3n) is 3.65. The molecule has 0 aliphatic carbocycles. The molecule has 21 heavy (non-hydrogen) atoms. The maximum Gasteiger partial charge on any atom is 0.327 e. The van der Waals surface area contributed by atoms with Gasteiger partial charge in [-0.3, -0.25) is 4.57 Å². The molecule has 0 saturated heterocycles. The van der Waals surface area contributed by atoms with Crippen LogP contribution in [0.15, 0.2) is 59.4 Å². The van der Waals surface area contributed by atoms with Crippen molar-refractivity contribution in [3.63, 3.8) is 0 Å². The largest absolute Gasteiger partial charge is 0.389 e. The summed E-state index contributed by atoms with van der Waals surface area (Å²) in [4.78, 5) is 15.1. The quantitative estimate of drug-likeness (QED) is 0.673. The second-order valence-corrected chi connectivity index (χ2v) is 4.98. The van der Waals surface area contributed by atoms with Crippen LogP contribution in [0.4, 0.5) is 0 Å². The Morgan fingerprint density at radius 2 is 1.76 bits per heavy atom. The van der Waals surface area contributed by atoms with Crippen LogP contribution < -0.4 is 11.4 Å². The number of hydrogen-bond acceptors (Lipinski definition) is 3. The molecule has 3 rings (SSSR count). The average molecular weight is 283 g/mol. The molecule has 1 heterocycles. The number of nitrogens with zero attached hydrogens (tertiary/aromatic N) is 1. The van der Waals surface area contributed by atoms with Gasteiger partial charge in [0.15, 0.2) is 0 Å². The van der Waals surface area contributed by atoms with Crippen molar-refractivity contribution in [1.82, 2.24) is 9.55 Å². The zero-order chi connectivity index (χ0) is 14.8. The number of aromatic nitrogens is 2. The molecule has 3 aromatic rings. The van der Waals surface area contributed by atoms with Gasteiger partial charge in [0.1, 0.15) is 0 Å². The lowest BCUT2D eigenvalue weighted by molar-refractivity contribution is 0.138. The third kappa shape index (κ3) is 2.37. The summed E-state index contributed by atoms with van der Waals surface area (Å²) in [5, 5.41) is 10.3. The molecule has 0 amide bonds. The number of aliphatic hydroxyl groups excluding tert-OH is 1. The van der Waals surface area contributed by atoms with E-state index < -0.39 is 12.1 Å². The molecule has 0 aliphatic rings. The van der Waals surface area contributed by atoms with Gasteiger partial charge in [-0.25, -0.2) is 4.79 Å². The number of nitrogens with two attached hydrogens (primary N) is 1. The molecule has 0 spiro atoms. The number of rotatable bonds is 4. The van der Waals surface area contributed by atoms with E-state index in [9.17, 15) is 9.90 Å². The van der Waals surface area contributed by atoms with E-state index in [-0.39, 0.29) is 12.2 Å². The number of benzene rings is 2. The molecule has 0 radical (unpaired) electrons. The molecule has 0 fully saturated rings. The summed E-state index contributed by atoms with van der Waals surface area (Å²) < 4.78 is 1.57. The van der Waals surface area contributed by atoms with Crippen molar-refractivity contribution in [1.29, 1.82) is 0 Å². The summed E-state index contributed by atoms with van der Waals surface area (Å²) in [6, 6.07) is 16.3. The zero-order valence-corrected chi connectivity index (χ0v) is 11.4. The summed E-state index contributed by atoms with van der Waals surface area (Å²) in [7, 11) is 0. The Morgan fingerprint density at radius 1 is 1.10 bits per heavy atom. The highest BCUT2D eigenvalue weighted by Gasteiger charge is 2.25. The minimum Gasteiger partial charge on any atom is -0.389 e. The lowest BCUT2D eigenvalue weighted by Gasteiger charge is -2.23. The fourth-order valence-electron chi connectivity index (χ4n) is 2.67. The summed E-state index contributed by atoms with van der Waals surface area (Å²) in [6.07, 6.45) is -0.843. The van der Waals surface area contributed by atoms with Crippen molar-refractivity contribution in [2.75, 3.05) is 6.54 Å². The van der Waals surface area contributed by atoms with Crippen LogP contribution in [0, 0.1) is 0 Å². The van der Waals surface area contributed by atoms with E-state index in [0.29, 0.717) is 0 Å². The van der Waals surface area contributed by atoms with Gasteiger partial charge in [0, 0.05) is 6.54 Å². The first-order valence-electron chi connectivity index (χ1n) is 6.84. The van der Waals surface area contributed by atoms with E-state index in [4.69, 9.17) is 5.73 Å². The summed E-state index contributed by atoms with van der Waals surface area (Å²) in [5.41, 5.74) is 7.73. The number of aromatic amines is 1. The Balaban J connectivity index is 2.24. The Bertz CT molecular complexity index is 792. The highest BCUT2D eigenvalue weighted by molar-refractivity contribution is 5.75. The lowest BCUT2D eigenvalue weighted by Crippen LogP contribution is -2.36. The average Bonchev–Trinajstić information content (AvgIpc) is 2.85. The standard InChI is InChI=1S/C16H17N3O2/c17-10-14(20)15(11-6-2-1-3-7-11)19-13-9-5-4-8-12(13)18-16(19)21/h1-9,14-15,20H,10,17H2,(H,18,21). The van der Waals surface area contributed by atoms with Crippen LogP contribution in [-0.4, -0.2) is 27.3 Å². The maximum atomic E-state index is 12.3. The summed E-state index contributed by atoms with van der Waals surface area (Å²) in [6.45, 7) is 0.0749. The van der Waals surface area contributed by atoms with E-state index >= 15 is 0 Å². The van der Waals surface area contributed by atoms with Gasteiger partial charge in [-0.2, -0.15) is 0 Å².